The number of methoxy groups -OCH3 is 1. The third kappa shape index (κ3) is 3.92. The number of hydrogen-bond acceptors (Lipinski definition) is 5. The van der Waals surface area contributed by atoms with Crippen molar-refractivity contribution in [3.63, 3.8) is 0 Å². The van der Waals surface area contributed by atoms with Crippen molar-refractivity contribution in [1.29, 1.82) is 0 Å². The third-order valence-electron chi connectivity index (χ3n) is 5.06. The molecule has 2 aromatic rings. The molecule has 1 aliphatic heterocycles. The number of aromatic amines is 1. The summed E-state index contributed by atoms with van der Waals surface area (Å²) in [5.74, 6) is 0.570. The highest BCUT2D eigenvalue weighted by Crippen LogP contribution is 2.37. The molecule has 2 heterocycles. The number of aromatic nitrogens is 1. The van der Waals surface area contributed by atoms with Crippen LogP contribution in [0.3, 0.4) is 0 Å². The summed E-state index contributed by atoms with van der Waals surface area (Å²) >= 11 is 0. The number of carboxylic acid groups (broad SMARTS) is 1. The Morgan fingerprint density at radius 1 is 1.23 bits per heavy atom. The molecule has 1 fully saturated rings. The Bertz CT molecular complexity index is 1130. The summed E-state index contributed by atoms with van der Waals surface area (Å²) in [6.07, 6.45) is 0.00734. The van der Waals surface area contributed by atoms with Gasteiger partial charge in [-0.15, -0.1) is 0 Å². The van der Waals surface area contributed by atoms with E-state index in [4.69, 9.17) is 9.84 Å². The fraction of sp³-hybridized carbons (Fsp3) is 0.400. The summed E-state index contributed by atoms with van der Waals surface area (Å²) in [5.41, 5.74) is 1.79. The van der Waals surface area contributed by atoms with Crippen LogP contribution >= 0.6 is 0 Å². The maximum atomic E-state index is 12.6. The molecule has 1 aromatic heterocycles. The van der Waals surface area contributed by atoms with Crippen molar-refractivity contribution >= 4 is 16.3 Å². The van der Waals surface area contributed by atoms with E-state index in [0.29, 0.717) is 26.7 Å². The number of hydrogen-bond donors (Lipinski definition) is 2. The Kier molecular flexibility index (Phi) is 5.66. The Balaban J connectivity index is 2.18. The molecule has 0 aliphatic carbocycles. The molecule has 10 heteroatoms. The van der Waals surface area contributed by atoms with Crippen molar-refractivity contribution in [1.82, 2.24) is 13.6 Å². The largest absolute Gasteiger partial charge is 0.496 e. The van der Waals surface area contributed by atoms with Crippen molar-refractivity contribution in [2.24, 2.45) is 0 Å². The quantitative estimate of drug-likeness (QED) is 0.761. The van der Waals surface area contributed by atoms with Crippen molar-refractivity contribution in [3.8, 4) is 16.9 Å². The van der Waals surface area contributed by atoms with Gasteiger partial charge in [-0.05, 0) is 40.8 Å². The van der Waals surface area contributed by atoms with Crippen LogP contribution in [0.15, 0.2) is 35.3 Å². The molecule has 9 nitrogen and oxygen atoms in total. The van der Waals surface area contributed by atoms with Gasteiger partial charge in [0.1, 0.15) is 5.75 Å². The Labute approximate surface area is 175 Å². The third-order valence-corrected chi connectivity index (χ3v) is 6.92. The van der Waals surface area contributed by atoms with Crippen molar-refractivity contribution in [2.75, 3.05) is 20.2 Å². The smallest absolute Gasteiger partial charge is 0.422 e. The molecule has 162 valence electrons. The van der Waals surface area contributed by atoms with Gasteiger partial charge in [-0.1, -0.05) is 20.8 Å². The van der Waals surface area contributed by atoms with Gasteiger partial charge in [0, 0.05) is 30.4 Å². The molecular weight excluding hydrogens is 410 g/mol. The van der Waals surface area contributed by atoms with E-state index in [0.717, 1.165) is 9.87 Å². The summed E-state index contributed by atoms with van der Waals surface area (Å²) in [6.45, 7) is 5.84. The van der Waals surface area contributed by atoms with E-state index >= 15 is 0 Å². The van der Waals surface area contributed by atoms with Gasteiger partial charge in [-0.3, -0.25) is 4.79 Å². The molecule has 0 saturated carbocycles. The fourth-order valence-corrected chi connectivity index (χ4v) is 4.91. The Morgan fingerprint density at radius 2 is 1.93 bits per heavy atom. The highest BCUT2D eigenvalue weighted by Gasteiger charge is 2.40. The van der Waals surface area contributed by atoms with Crippen LogP contribution in [0.4, 0.5) is 4.79 Å². The number of nitrogens with one attached hydrogen (secondary N) is 1. The minimum absolute atomic E-state index is 0.0303. The first-order valence-electron chi connectivity index (χ1n) is 9.37. The van der Waals surface area contributed by atoms with Crippen molar-refractivity contribution in [3.05, 3.63) is 51.9 Å². The minimum atomic E-state index is -4.15. The SMILES string of the molecule is COc1cc(CN2CCN(C(=O)O)S2(=O)=O)c(-c2ccc[nH]c2=O)cc1C(C)(C)C. The van der Waals surface area contributed by atoms with E-state index in [1.54, 1.807) is 18.2 Å². The molecule has 0 spiro atoms. The average Bonchev–Trinajstić information content (AvgIpc) is 2.95. The number of pyridine rings is 1. The summed E-state index contributed by atoms with van der Waals surface area (Å²) in [4.78, 5) is 26.4. The molecule has 2 N–H and O–H groups in total. The van der Waals surface area contributed by atoms with Crippen molar-refractivity contribution < 1.29 is 23.1 Å². The van der Waals surface area contributed by atoms with Gasteiger partial charge in [0.15, 0.2) is 0 Å². The summed E-state index contributed by atoms with van der Waals surface area (Å²) < 4.78 is 32.3. The first kappa shape index (κ1) is 21.8. The maximum absolute atomic E-state index is 12.6. The lowest BCUT2D eigenvalue weighted by atomic mass is 9.83. The van der Waals surface area contributed by atoms with E-state index in [2.05, 4.69) is 4.98 Å². The summed E-state index contributed by atoms with van der Waals surface area (Å²) in [7, 11) is -2.62. The lowest BCUT2D eigenvalue weighted by molar-refractivity contribution is 0.175. The molecular formula is C20H25N3O6S. The highest BCUT2D eigenvalue weighted by atomic mass is 32.2. The lowest BCUT2D eigenvalue weighted by Crippen LogP contribution is -2.36. The number of rotatable bonds is 4. The highest BCUT2D eigenvalue weighted by molar-refractivity contribution is 7.87. The maximum Gasteiger partial charge on any atom is 0.422 e. The lowest BCUT2D eigenvalue weighted by Gasteiger charge is -2.25. The van der Waals surface area contributed by atoms with Crippen LogP contribution in [-0.4, -0.2) is 53.4 Å². The van der Waals surface area contributed by atoms with Gasteiger partial charge in [0.05, 0.1) is 13.7 Å². The second-order valence-electron chi connectivity index (χ2n) is 8.07. The van der Waals surface area contributed by atoms with Crippen LogP contribution in [0, 0.1) is 0 Å². The zero-order valence-electron chi connectivity index (χ0n) is 17.3. The van der Waals surface area contributed by atoms with Gasteiger partial charge in [0.2, 0.25) is 0 Å². The first-order valence-corrected chi connectivity index (χ1v) is 10.8. The summed E-state index contributed by atoms with van der Waals surface area (Å²) in [6, 6.07) is 6.93. The molecule has 1 saturated heterocycles. The fourth-order valence-electron chi connectivity index (χ4n) is 3.51. The van der Waals surface area contributed by atoms with Gasteiger partial charge >= 0.3 is 16.3 Å². The zero-order chi connectivity index (χ0) is 22.3. The van der Waals surface area contributed by atoms with E-state index in [1.807, 2.05) is 26.8 Å². The second kappa shape index (κ2) is 7.77. The van der Waals surface area contributed by atoms with Crippen LogP contribution in [0.5, 0.6) is 5.75 Å². The van der Waals surface area contributed by atoms with Crippen LogP contribution in [0.2, 0.25) is 0 Å². The molecule has 0 bridgehead atoms. The molecule has 0 unspecified atom stereocenters. The first-order chi connectivity index (χ1) is 14.0. The van der Waals surface area contributed by atoms with Crippen LogP contribution < -0.4 is 10.3 Å². The van der Waals surface area contributed by atoms with Crippen LogP contribution in [-0.2, 0) is 22.2 Å². The van der Waals surface area contributed by atoms with Crippen molar-refractivity contribution in [2.45, 2.75) is 32.7 Å². The number of nitrogens with zero attached hydrogens (tertiary/aromatic N) is 2. The molecule has 3 rings (SSSR count). The van der Waals surface area contributed by atoms with E-state index < -0.39 is 16.3 Å². The van der Waals surface area contributed by atoms with Crippen LogP contribution in [0.1, 0.15) is 31.9 Å². The molecule has 1 aliphatic rings. The number of ether oxygens (including phenoxy) is 1. The van der Waals surface area contributed by atoms with Gasteiger partial charge in [-0.25, -0.2) is 4.79 Å². The molecule has 0 atom stereocenters. The van der Waals surface area contributed by atoms with E-state index in [9.17, 15) is 18.0 Å². The molecule has 1 aromatic carbocycles. The number of carbonyl (C=O) groups is 1. The summed E-state index contributed by atoms with van der Waals surface area (Å²) in [5, 5.41) is 9.16. The van der Waals surface area contributed by atoms with E-state index in [1.165, 1.54) is 13.3 Å². The number of amides is 1. The molecule has 30 heavy (non-hydrogen) atoms. The zero-order valence-corrected chi connectivity index (χ0v) is 18.1. The molecule has 1 amide bonds. The normalized spacial score (nSPS) is 16.6. The number of benzene rings is 1. The minimum Gasteiger partial charge on any atom is -0.496 e. The van der Waals surface area contributed by atoms with Gasteiger partial charge < -0.3 is 14.8 Å². The number of H-pyrrole nitrogens is 1. The average molecular weight is 436 g/mol. The van der Waals surface area contributed by atoms with Gasteiger partial charge in [0.25, 0.3) is 5.56 Å². The second-order valence-corrected chi connectivity index (χ2v) is 9.92. The van der Waals surface area contributed by atoms with Crippen LogP contribution in [0.25, 0.3) is 11.1 Å². The Hall–Kier alpha value is -2.85. The van der Waals surface area contributed by atoms with E-state index in [-0.39, 0.29) is 30.6 Å². The predicted molar refractivity (Wildman–Crippen MR) is 112 cm³/mol. The molecule has 0 radical (unpaired) electrons. The predicted octanol–water partition coefficient (Wildman–Crippen LogP) is 2.39. The van der Waals surface area contributed by atoms with Gasteiger partial charge in [-0.2, -0.15) is 17.0 Å². The topological polar surface area (TPSA) is 120 Å². The monoisotopic (exact) mass is 435 g/mol. The Morgan fingerprint density at radius 3 is 2.47 bits per heavy atom. The standard InChI is InChI=1S/C20H25N3O6S/c1-20(2,3)16-11-15(14-6-5-7-21-18(14)24)13(10-17(16)29-4)12-22-8-9-23(19(25)26)30(22,27)28/h5-7,10-11H,8-9,12H2,1-4H3,(H,21,24)(H,25,26).